The van der Waals surface area contributed by atoms with Crippen LogP contribution < -0.4 is 15.2 Å². The van der Waals surface area contributed by atoms with Crippen LogP contribution in [0.15, 0.2) is 18.2 Å². The molecule has 0 aliphatic carbocycles. The van der Waals surface area contributed by atoms with E-state index in [0.29, 0.717) is 5.69 Å². The van der Waals surface area contributed by atoms with Gasteiger partial charge < -0.3 is 15.6 Å². The van der Waals surface area contributed by atoms with Gasteiger partial charge in [0.1, 0.15) is 5.75 Å². The van der Waals surface area contributed by atoms with E-state index in [1.807, 2.05) is 0 Å². The minimum absolute atomic E-state index is 0. The monoisotopic (exact) mass is 296 g/mol. The van der Waals surface area contributed by atoms with Crippen LogP contribution in [0.25, 0.3) is 0 Å². The van der Waals surface area contributed by atoms with Crippen LogP contribution in [0.3, 0.4) is 0 Å². The van der Waals surface area contributed by atoms with Gasteiger partial charge in [-0.3, -0.25) is 4.72 Å². The van der Waals surface area contributed by atoms with Crippen LogP contribution in [0, 0.1) is 0 Å². The van der Waals surface area contributed by atoms with Crippen LogP contribution in [0.1, 0.15) is 0 Å². The molecule has 0 amide bonds. The zero-order chi connectivity index (χ0) is 13.1. The third-order valence-corrected chi connectivity index (χ3v) is 2.24. The summed E-state index contributed by atoms with van der Waals surface area (Å²) in [4.78, 5) is 10.3. The summed E-state index contributed by atoms with van der Waals surface area (Å²) in [7, 11) is -3.49. The average molecular weight is 297 g/mol. The zero-order valence-electron chi connectivity index (χ0n) is 9.41. The maximum atomic E-state index is 11.1. The van der Waals surface area contributed by atoms with Crippen molar-refractivity contribution in [1.82, 2.24) is 0 Å². The van der Waals surface area contributed by atoms with E-state index in [4.69, 9.17) is 15.6 Å². The average Bonchev–Trinajstić information content (AvgIpc) is 2.13. The van der Waals surface area contributed by atoms with E-state index < -0.39 is 22.6 Å². The molecule has 0 saturated carbocycles. The molecule has 1 aromatic rings. The highest BCUT2D eigenvalue weighted by atomic mass is 35.5. The van der Waals surface area contributed by atoms with Gasteiger partial charge in [0, 0.05) is 5.69 Å². The summed E-state index contributed by atoms with van der Waals surface area (Å²) in [5.74, 6) is -1.06. The molecular formula is C9H13ClN2O5S. The minimum Gasteiger partial charge on any atom is -0.480 e. The predicted molar refractivity (Wildman–Crippen MR) is 69.7 cm³/mol. The fraction of sp³-hybridized carbons (Fsp3) is 0.222. The van der Waals surface area contributed by atoms with Crippen molar-refractivity contribution in [3.63, 3.8) is 0 Å². The van der Waals surface area contributed by atoms with Gasteiger partial charge in [0.2, 0.25) is 10.0 Å². The van der Waals surface area contributed by atoms with Crippen molar-refractivity contribution in [3.05, 3.63) is 18.2 Å². The molecule has 1 rings (SSSR count). The molecule has 0 fully saturated rings. The van der Waals surface area contributed by atoms with E-state index in [2.05, 4.69) is 4.72 Å². The molecule has 102 valence electrons. The van der Waals surface area contributed by atoms with E-state index in [-0.39, 0.29) is 23.8 Å². The summed E-state index contributed by atoms with van der Waals surface area (Å²) < 4.78 is 29.3. The van der Waals surface area contributed by atoms with Crippen LogP contribution in [0.4, 0.5) is 11.4 Å². The van der Waals surface area contributed by atoms with Crippen LogP contribution in [0.2, 0.25) is 0 Å². The highest BCUT2D eigenvalue weighted by Crippen LogP contribution is 2.27. The normalized spacial score (nSPS) is 10.3. The first kappa shape index (κ1) is 16.3. The largest absolute Gasteiger partial charge is 0.480 e. The predicted octanol–water partition coefficient (Wildman–Crippen LogP) is 0.525. The minimum atomic E-state index is -3.49. The lowest BCUT2D eigenvalue weighted by Gasteiger charge is -2.11. The Bertz CT molecular complexity index is 532. The van der Waals surface area contributed by atoms with E-state index in [9.17, 15) is 13.2 Å². The lowest BCUT2D eigenvalue weighted by atomic mass is 10.2. The number of rotatable bonds is 5. The van der Waals surface area contributed by atoms with Crippen LogP contribution in [-0.4, -0.2) is 32.4 Å². The van der Waals surface area contributed by atoms with Crippen molar-refractivity contribution in [3.8, 4) is 5.75 Å². The summed E-state index contributed by atoms with van der Waals surface area (Å²) in [6.07, 6.45) is 0.969. The molecule has 0 aliphatic heterocycles. The molecular weight excluding hydrogens is 284 g/mol. The number of nitrogens with one attached hydrogen (secondary N) is 1. The third kappa shape index (κ3) is 5.60. The number of carboxylic acid groups (broad SMARTS) is 1. The zero-order valence-corrected chi connectivity index (χ0v) is 11.0. The molecule has 7 nitrogen and oxygen atoms in total. The third-order valence-electron chi connectivity index (χ3n) is 1.65. The Hall–Kier alpha value is -1.67. The molecule has 9 heteroatoms. The number of aliphatic carboxylic acids is 1. The van der Waals surface area contributed by atoms with Gasteiger partial charge in [-0.25, -0.2) is 13.2 Å². The van der Waals surface area contributed by atoms with E-state index in [0.717, 1.165) is 6.26 Å². The van der Waals surface area contributed by atoms with Gasteiger partial charge in [0.15, 0.2) is 6.61 Å². The second-order valence-corrected chi connectivity index (χ2v) is 5.06. The molecule has 0 spiro atoms. The number of carboxylic acids is 1. The Labute approximate surface area is 110 Å². The van der Waals surface area contributed by atoms with Crippen LogP contribution in [0.5, 0.6) is 5.75 Å². The summed E-state index contributed by atoms with van der Waals surface area (Å²) in [5.41, 5.74) is 5.93. The molecule has 4 N–H and O–H groups in total. The quantitative estimate of drug-likeness (QED) is 0.682. The molecule has 0 atom stereocenters. The Morgan fingerprint density at radius 2 is 2.11 bits per heavy atom. The summed E-state index contributed by atoms with van der Waals surface area (Å²) in [6, 6.07) is 4.22. The van der Waals surface area contributed by atoms with Gasteiger partial charge in [-0.05, 0) is 18.2 Å². The van der Waals surface area contributed by atoms with Crippen molar-refractivity contribution < 1.29 is 23.1 Å². The molecule has 18 heavy (non-hydrogen) atoms. The highest BCUT2D eigenvalue weighted by Gasteiger charge is 2.10. The number of hydrogen-bond donors (Lipinski definition) is 3. The van der Waals surface area contributed by atoms with Gasteiger partial charge >= 0.3 is 5.97 Å². The lowest BCUT2D eigenvalue weighted by Crippen LogP contribution is -2.14. The van der Waals surface area contributed by atoms with Crippen molar-refractivity contribution in [2.24, 2.45) is 0 Å². The Kier molecular flexibility index (Phi) is 5.73. The fourth-order valence-electron chi connectivity index (χ4n) is 1.09. The smallest absolute Gasteiger partial charge is 0.341 e. The van der Waals surface area contributed by atoms with Crippen molar-refractivity contribution in [2.75, 3.05) is 23.3 Å². The maximum Gasteiger partial charge on any atom is 0.341 e. The molecule has 0 unspecified atom stereocenters. The van der Waals surface area contributed by atoms with E-state index in [1.165, 1.54) is 18.2 Å². The molecule has 0 saturated heterocycles. The number of benzene rings is 1. The summed E-state index contributed by atoms with van der Waals surface area (Å²) >= 11 is 0. The summed E-state index contributed by atoms with van der Waals surface area (Å²) in [5, 5.41) is 8.46. The summed E-state index contributed by atoms with van der Waals surface area (Å²) in [6.45, 7) is -0.567. The number of hydrogen-bond acceptors (Lipinski definition) is 5. The topological polar surface area (TPSA) is 119 Å². The number of anilines is 2. The molecule has 0 aliphatic rings. The second-order valence-electron chi connectivity index (χ2n) is 3.31. The van der Waals surface area contributed by atoms with Gasteiger partial charge in [0.25, 0.3) is 0 Å². The van der Waals surface area contributed by atoms with Gasteiger partial charge in [-0.1, -0.05) is 0 Å². The number of ether oxygens (including phenoxy) is 1. The number of nitrogen functional groups attached to an aromatic ring is 1. The fourth-order valence-corrected chi connectivity index (χ4v) is 1.65. The molecule has 0 heterocycles. The maximum absolute atomic E-state index is 11.1. The van der Waals surface area contributed by atoms with Crippen molar-refractivity contribution in [2.45, 2.75) is 0 Å². The number of carbonyl (C=O) groups is 1. The first-order valence-corrected chi connectivity index (χ1v) is 6.39. The standard InChI is InChI=1S/C9H12N2O5S.ClH/c1-17(14,15)11-7-4-6(10)2-3-8(7)16-5-9(12)13;/h2-4,11H,5,10H2,1H3,(H,12,13);1H. The Morgan fingerprint density at radius 1 is 1.50 bits per heavy atom. The van der Waals surface area contributed by atoms with Gasteiger partial charge in [-0.2, -0.15) is 0 Å². The second kappa shape index (κ2) is 6.31. The van der Waals surface area contributed by atoms with Crippen LogP contribution >= 0.6 is 12.4 Å². The van der Waals surface area contributed by atoms with Gasteiger partial charge in [-0.15, -0.1) is 12.4 Å². The van der Waals surface area contributed by atoms with E-state index in [1.54, 1.807) is 0 Å². The highest BCUT2D eigenvalue weighted by molar-refractivity contribution is 7.92. The number of nitrogens with two attached hydrogens (primary N) is 1. The van der Waals surface area contributed by atoms with Crippen molar-refractivity contribution in [1.29, 1.82) is 0 Å². The van der Waals surface area contributed by atoms with E-state index >= 15 is 0 Å². The molecule has 1 aromatic carbocycles. The molecule has 0 radical (unpaired) electrons. The Morgan fingerprint density at radius 3 is 2.61 bits per heavy atom. The van der Waals surface area contributed by atoms with Crippen molar-refractivity contribution >= 4 is 39.8 Å². The van der Waals surface area contributed by atoms with Crippen LogP contribution in [-0.2, 0) is 14.8 Å². The molecule has 0 bridgehead atoms. The first-order chi connectivity index (χ1) is 7.78. The first-order valence-electron chi connectivity index (χ1n) is 4.50. The number of halogens is 1. The Balaban J connectivity index is 0.00000289. The van der Waals surface area contributed by atoms with Gasteiger partial charge in [0.05, 0.1) is 11.9 Å². The molecule has 0 aromatic heterocycles. The lowest BCUT2D eigenvalue weighted by molar-refractivity contribution is -0.139. The number of sulfonamides is 1. The SMILES string of the molecule is CS(=O)(=O)Nc1cc(N)ccc1OCC(=O)O.Cl.